The highest BCUT2D eigenvalue weighted by molar-refractivity contribution is 6.75. The van der Waals surface area contributed by atoms with Crippen LogP contribution in [-0.2, 0) is 14.7 Å². The zero-order valence-corrected chi connectivity index (χ0v) is 14.6. The van der Waals surface area contributed by atoms with E-state index in [1.807, 2.05) is 0 Å². The molecule has 0 spiro atoms. The molecule has 104 valence electrons. The number of aryl methyl sites for hydroxylation is 1. The smallest absolute Gasteiger partial charge is 0.236 e. The van der Waals surface area contributed by atoms with Crippen LogP contribution in [0.4, 0.5) is 0 Å². The second kappa shape index (κ2) is 5.69. The van der Waals surface area contributed by atoms with Crippen LogP contribution in [0.15, 0.2) is 0 Å². The molecular formula is C7H5Cl8N3. The van der Waals surface area contributed by atoms with Gasteiger partial charge < -0.3 is 0 Å². The second-order valence-corrected chi connectivity index (χ2v) is 9.06. The molecule has 1 rings (SSSR count). The molecule has 0 amide bonds. The van der Waals surface area contributed by atoms with Gasteiger partial charge in [-0.3, -0.25) is 0 Å². The van der Waals surface area contributed by atoms with Gasteiger partial charge in [0.05, 0.1) is 0 Å². The van der Waals surface area contributed by atoms with Gasteiger partial charge in [-0.25, -0.2) is 4.68 Å². The van der Waals surface area contributed by atoms with Crippen molar-refractivity contribution in [1.29, 1.82) is 0 Å². The summed E-state index contributed by atoms with van der Waals surface area (Å²) in [5.74, 6) is 0. The van der Waals surface area contributed by atoms with Gasteiger partial charge in [0, 0.05) is 6.54 Å². The van der Waals surface area contributed by atoms with Gasteiger partial charge in [0.2, 0.25) is 11.9 Å². The molecule has 3 nitrogen and oxygen atoms in total. The first kappa shape index (κ1) is 17.5. The fourth-order valence-corrected chi connectivity index (χ4v) is 2.19. The molecule has 0 saturated carbocycles. The minimum Gasteiger partial charge on any atom is -0.246 e. The fourth-order valence-electron chi connectivity index (χ4n) is 1.17. The summed E-state index contributed by atoms with van der Waals surface area (Å²) >= 11 is 46.6. The number of aromatic nitrogens is 3. The normalized spacial score (nSPS) is 14.1. The lowest BCUT2D eigenvalue weighted by Crippen LogP contribution is -2.33. The molecule has 0 bridgehead atoms. The average molecular weight is 415 g/mol. The predicted octanol–water partition coefficient (Wildman–Crippen LogP) is 5.13. The Morgan fingerprint density at radius 1 is 1.00 bits per heavy atom. The van der Waals surface area contributed by atoms with Crippen LogP contribution in [0.2, 0.25) is 0 Å². The van der Waals surface area contributed by atoms with Crippen molar-refractivity contribution in [3.63, 3.8) is 0 Å². The molecule has 0 radical (unpaired) electrons. The average Bonchev–Trinajstić information content (AvgIpc) is 2.58. The van der Waals surface area contributed by atoms with Crippen molar-refractivity contribution in [2.24, 2.45) is 0 Å². The first-order valence-electron chi connectivity index (χ1n) is 4.38. The molecule has 0 atom stereocenters. The van der Waals surface area contributed by atoms with Crippen molar-refractivity contribution in [2.45, 2.75) is 25.4 Å². The highest BCUT2D eigenvalue weighted by Gasteiger charge is 2.53. The molecule has 0 aliphatic carbocycles. The summed E-state index contributed by atoms with van der Waals surface area (Å²) in [5, 5.41) is 7.46. The predicted molar refractivity (Wildman–Crippen MR) is 78.6 cm³/mol. The Balaban J connectivity index is 3.52. The van der Waals surface area contributed by atoms with Crippen LogP contribution in [0.1, 0.15) is 18.3 Å². The van der Waals surface area contributed by atoms with Gasteiger partial charge in [-0.05, 0) is 6.92 Å². The van der Waals surface area contributed by atoms with Crippen LogP contribution < -0.4 is 0 Å². The first-order valence-corrected chi connectivity index (χ1v) is 7.41. The van der Waals surface area contributed by atoms with E-state index in [0.29, 0.717) is 6.54 Å². The Labute approximate surface area is 143 Å². The molecule has 0 saturated heterocycles. The summed E-state index contributed by atoms with van der Waals surface area (Å²) in [6.07, 6.45) is 0. The fraction of sp³-hybridized carbons (Fsp3) is 0.714. The van der Waals surface area contributed by atoms with Crippen molar-refractivity contribution in [2.75, 3.05) is 0 Å². The summed E-state index contributed by atoms with van der Waals surface area (Å²) in [7, 11) is 0. The van der Waals surface area contributed by atoms with Crippen molar-refractivity contribution < 1.29 is 0 Å². The minimum absolute atomic E-state index is 0.0216. The van der Waals surface area contributed by atoms with Gasteiger partial charge in [0.15, 0.2) is 0 Å². The maximum absolute atomic E-state index is 6.07. The quantitative estimate of drug-likeness (QED) is 0.628. The van der Waals surface area contributed by atoms with E-state index in [-0.39, 0.29) is 11.4 Å². The van der Waals surface area contributed by atoms with Crippen molar-refractivity contribution >= 4 is 92.8 Å². The molecule has 0 unspecified atom stereocenters. The Kier molecular flexibility index (Phi) is 5.53. The van der Waals surface area contributed by atoms with Gasteiger partial charge in [-0.15, -0.1) is 5.10 Å². The van der Waals surface area contributed by atoms with Crippen LogP contribution >= 0.6 is 92.8 Å². The van der Waals surface area contributed by atoms with Crippen LogP contribution in [0, 0.1) is 0 Å². The molecule has 0 fully saturated rings. The number of hydrogen-bond donors (Lipinski definition) is 0. The molecule has 11 heteroatoms. The number of nitrogens with zero attached hydrogens (tertiary/aromatic N) is 3. The third kappa shape index (κ3) is 3.37. The molecule has 1 aromatic rings. The molecule has 18 heavy (non-hydrogen) atoms. The molecule has 0 aliphatic heterocycles. The van der Waals surface area contributed by atoms with Crippen LogP contribution in [-0.4, -0.2) is 18.8 Å². The summed E-state index contributed by atoms with van der Waals surface area (Å²) in [6.45, 7) is 2.10. The van der Waals surface area contributed by atoms with Gasteiger partial charge in [-0.2, -0.15) is 0 Å². The molecule has 0 aliphatic rings. The molecule has 0 aromatic carbocycles. The van der Waals surface area contributed by atoms with Crippen LogP contribution in [0.5, 0.6) is 0 Å². The number of rotatable bonds is 2. The Bertz CT molecular complexity index is 429. The molecule has 1 heterocycles. The van der Waals surface area contributed by atoms with Gasteiger partial charge in [-0.1, -0.05) is 98.0 Å². The van der Waals surface area contributed by atoms with Crippen molar-refractivity contribution in [3.8, 4) is 0 Å². The lowest BCUT2D eigenvalue weighted by atomic mass is 10.2. The highest BCUT2D eigenvalue weighted by atomic mass is 35.6. The SMILES string of the molecule is CCn1nnc(C(Cl)(Cl)Cl)c1C(Cl)(Cl)C(Cl)(Cl)Cl. The largest absolute Gasteiger partial charge is 0.246 e. The monoisotopic (exact) mass is 411 g/mol. The van der Waals surface area contributed by atoms with E-state index in [1.54, 1.807) is 6.92 Å². The van der Waals surface area contributed by atoms with Crippen molar-refractivity contribution in [1.82, 2.24) is 15.0 Å². The first-order chi connectivity index (χ1) is 7.93. The second-order valence-electron chi connectivity index (χ2n) is 3.17. The van der Waals surface area contributed by atoms with Gasteiger partial charge >= 0.3 is 0 Å². The maximum atomic E-state index is 6.07. The van der Waals surface area contributed by atoms with E-state index in [2.05, 4.69) is 10.3 Å². The number of halogens is 8. The summed E-state index contributed by atoms with van der Waals surface area (Å²) < 4.78 is -4.64. The van der Waals surface area contributed by atoms with E-state index in [0.717, 1.165) is 0 Å². The lowest BCUT2D eigenvalue weighted by molar-refractivity contribution is 0.581. The minimum atomic E-state index is -2.06. The topological polar surface area (TPSA) is 30.7 Å². The zero-order chi connectivity index (χ0) is 14.4. The number of alkyl halides is 8. The Morgan fingerprint density at radius 3 is 1.83 bits per heavy atom. The van der Waals surface area contributed by atoms with Crippen LogP contribution in [0.25, 0.3) is 0 Å². The van der Waals surface area contributed by atoms with E-state index < -0.39 is 11.9 Å². The van der Waals surface area contributed by atoms with Gasteiger partial charge in [0.1, 0.15) is 11.4 Å². The lowest BCUT2D eigenvalue weighted by Gasteiger charge is -2.29. The van der Waals surface area contributed by atoms with Gasteiger partial charge in [0.25, 0.3) is 0 Å². The summed E-state index contributed by atoms with van der Waals surface area (Å²) in [4.78, 5) is 0. The maximum Gasteiger partial charge on any atom is 0.236 e. The Hall–Kier alpha value is 1.46. The Morgan fingerprint density at radius 2 is 1.50 bits per heavy atom. The van der Waals surface area contributed by atoms with E-state index in [4.69, 9.17) is 92.8 Å². The third-order valence-corrected chi connectivity index (χ3v) is 4.85. The highest BCUT2D eigenvalue weighted by Crippen LogP contribution is 2.55. The third-order valence-electron chi connectivity index (χ3n) is 1.96. The molecule has 1 aromatic heterocycles. The van der Waals surface area contributed by atoms with E-state index in [9.17, 15) is 0 Å². The van der Waals surface area contributed by atoms with E-state index >= 15 is 0 Å². The zero-order valence-electron chi connectivity index (χ0n) is 8.57. The summed E-state index contributed by atoms with van der Waals surface area (Å²) in [5.41, 5.74) is -0.0704. The van der Waals surface area contributed by atoms with Crippen LogP contribution in [0.3, 0.4) is 0 Å². The molecular weight excluding hydrogens is 410 g/mol. The van der Waals surface area contributed by atoms with E-state index in [1.165, 1.54) is 4.68 Å². The number of hydrogen-bond acceptors (Lipinski definition) is 2. The standard InChI is InChI=1S/C7H5Cl8N3/c1-2-18-4(5(8,9)7(13,14)15)3(16-17-18)6(10,11)12/h2H2,1H3. The van der Waals surface area contributed by atoms with Crippen molar-refractivity contribution in [3.05, 3.63) is 11.4 Å². The molecule has 0 N–H and O–H groups in total. The summed E-state index contributed by atoms with van der Waals surface area (Å²) in [6, 6.07) is 0.